The van der Waals surface area contributed by atoms with E-state index in [9.17, 15) is 4.39 Å². The molecule has 18 heavy (non-hydrogen) atoms. The maximum atomic E-state index is 13.3. The van der Waals surface area contributed by atoms with Crippen LogP contribution >= 0.6 is 27.5 Å². The van der Waals surface area contributed by atoms with Crippen LogP contribution in [0.25, 0.3) is 0 Å². The van der Waals surface area contributed by atoms with Crippen molar-refractivity contribution in [1.82, 2.24) is 4.98 Å². The summed E-state index contributed by atoms with van der Waals surface area (Å²) in [4.78, 5) is 4.08. The molecule has 0 unspecified atom stereocenters. The van der Waals surface area contributed by atoms with Crippen molar-refractivity contribution in [2.45, 2.75) is 6.61 Å². The van der Waals surface area contributed by atoms with Crippen molar-refractivity contribution in [2.24, 2.45) is 0 Å². The van der Waals surface area contributed by atoms with E-state index in [4.69, 9.17) is 22.1 Å². The van der Waals surface area contributed by atoms with Gasteiger partial charge in [0.1, 0.15) is 24.0 Å². The molecule has 0 spiro atoms. The zero-order chi connectivity index (χ0) is 13.1. The summed E-state index contributed by atoms with van der Waals surface area (Å²) in [7, 11) is 0. The summed E-state index contributed by atoms with van der Waals surface area (Å²) in [5, 5.41) is 0.0382. The van der Waals surface area contributed by atoms with Crippen LogP contribution in [0.3, 0.4) is 0 Å². The number of aromatic nitrogens is 1. The second-order valence-electron chi connectivity index (χ2n) is 3.54. The second kappa shape index (κ2) is 5.54. The third kappa shape index (κ3) is 3.11. The van der Waals surface area contributed by atoms with Crippen molar-refractivity contribution in [3.8, 4) is 5.75 Å². The lowest BCUT2D eigenvalue weighted by molar-refractivity contribution is 0.298. The predicted octanol–water partition coefficient (Wildman–Crippen LogP) is 3.80. The highest BCUT2D eigenvalue weighted by molar-refractivity contribution is 9.10. The van der Waals surface area contributed by atoms with Crippen molar-refractivity contribution in [2.75, 3.05) is 5.73 Å². The number of nitrogens with zero attached hydrogens (tertiary/aromatic N) is 1. The topological polar surface area (TPSA) is 48.1 Å². The molecular formula is C12H9BrClFN2O. The number of nitrogen functional groups attached to an aromatic ring is 1. The molecular weight excluding hydrogens is 322 g/mol. The van der Waals surface area contributed by atoms with Crippen LogP contribution in [-0.4, -0.2) is 4.98 Å². The quantitative estimate of drug-likeness (QED) is 0.870. The number of nitrogens with two attached hydrogens (primary N) is 1. The first-order chi connectivity index (χ1) is 8.56. The molecule has 0 amide bonds. The zero-order valence-electron chi connectivity index (χ0n) is 9.16. The van der Waals surface area contributed by atoms with Gasteiger partial charge in [-0.25, -0.2) is 9.37 Å². The molecule has 0 radical (unpaired) electrons. The molecule has 6 heteroatoms. The first-order valence-corrected chi connectivity index (χ1v) is 6.22. The largest absolute Gasteiger partial charge is 0.486 e. The minimum atomic E-state index is -0.532. The standard InChI is InChI=1S/C12H9BrClFN2O/c13-8-4-9(14)10(15)5-11(8)18-6-7-2-1-3-12(16)17-7/h1-5H,6H2,(H2,16,17). The SMILES string of the molecule is Nc1cccc(COc2cc(F)c(Cl)cc2Br)n1. The Hall–Kier alpha value is -1.33. The zero-order valence-corrected chi connectivity index (χ0v) is 11.5. The average Bonchev–Trinajstić information content (AvgIpc) is 2.32. The summed E-state index contributed by atoms with van der Waals surface area (Å²) in [6.45, 7) is 0.199. The molecule has 94 valence electrons. The summed E-state index contributed by atoms with van der Waals surface area (Å²) >= 11 is 8.88. The third-order valence-corrected chi connectivity index (χ3v) is 3.09. The van der Waals surface area contributed by atoms with Gasteiger partial charge in [-0.2, -0.15) is 0 Å². The number of rotatable bonds is 3. The summed E-state index contributed by atoms with van der Waals surface area (Å²) in [6.07, 6.45) is 0. The van der Waals surface area contributed by atoms with Crippen molar-refractivity contribution in [1.29, 1.82) is 0 Å². The molecule has 0 aliphatic carbocycles. The van der Waals surface area contributed by atoms with Crippen LogP contribution in [0.2, 0.25) is 5.02 Å². The van der Waals surface area contributed by atoms with E-state index in [1.54, 1.807) is 18.2 Å². The highest BCUT2D eigenvalue weighted by atomic mass is 79.9. The maximum absolute atomic E-state index is 13.3. The minimum Gasteiger partial charge on any atom is -0.486 e. The molecule has 0 bridgehead atoms. The van der Waals surface area contributed by atoms with E-state index in [2.05, 4.69) is 20.9 Å². The highest BCUT2D eigenvalue weighted by Gasteiger charge is 2.08. The maximum Gasteiger partial charge on any atom is 0.145 e. The van der Waals surface area contributed by atoms with Gasteiger partial charge in [-0.3, -0.25) is 0 Å². The average molecular weight is 332 g/mol. The number of halogens is 3. The number of ether oxygens (including phenoxy) is 1. The van der Waals surface area contributed by atoms with E-state index < -0.39 is 5.82 Å². The number of hydrogen-bond donors (Lipinski definition) is 1. The molecule has 0 atom stereocenters. The van der Waals surface area contributed by atoms with Crippen molar-refractivity contribution in [3.05, 3.63) is 51.3 Å². The Labute approximate surface area is 117 Å². The molecule has 1 aromatic carbocycles. The lowest BCUT2D eigenvalue weighted by Crippen LogP contribution is -2.01. The van der Waals surface area contributed by atoms with Crippen molar-refractivity contribution >= 4 is 33.3 Å². The van der Waals surface area contributed by atoms with Gasteiger partial charge in [0.15, 0.2) is 0 Å². The fourth-order valence-corrected chi connectivity index (χ4v) is 2.10. The van der Waals surface area contributed by atoms with Gasteiger partial charge in [0.05, 0.1) is 15.2 Å². The third-order valence-electron chi connectivity index (χ3n) is 2.18. The van der Waals surface area contributed by atoms with E-state index in [1.165, 1.54) is 12.1 Å². The molecule has 0 saturated heterocycles. The van der Waals surface area contributed by atoms with Crippen LogP contribution in [0.15, 0.2) is 34.8 Å². The van der Waals surface area contributed by atoms with E-state index in [-0.39, 0.29) is 11.6 Å². The Morgan fingerprint density at radius 2 is 2.17 bits per heavy atom. The molecule has 2 rings (SSSR count). The molecule has 2 aromatic rings. The monoisotopic (exact) mass is 330 g/mol. The van der Waals surface area contributed by atoms with Crippen LogP contribution in [0.1, 0.15) is 5.69 Å². The second-order valence-corrected chi connectivity index (χ2v) is 4.80. The normalized spacial score (nSPS) is 10.4. The number of pyridine rings is 1. The molecule has 1 aromatic heterocycles. The van der Waals surface area contributed by atoms with E-state index in [0.717, 1.165) is 0 Å². The molecule has 0 aliphatic rings. The summed E-state index contributed by atoms with van der Waals surface area (Å²) in [5.74, 6) is 0.244. The Balaban J connectivity index is 2.13. The smallest absolute Gasteiger partial charge is 0.145 e. The molecule has 0 saturated carbocycles. The summed E-state index contributed by atoms with van der Waals surface area (Å²) < 4.78 is 19.3. The molecule has 1 heterocycles. The van der Waals surface area contributed by atoms with Crippen LogP contribution in [0.5, 0.6) is 5.75 Å². The van der Waals surface area contributed by atoms with Gasteiger partial charge in [-0.15, -0.1) is 0 Å². The van der Waals surface area contributed by atoms with E-state index in [0.29, 0.717) is 21.7 Å². The van der Waals surface area contributed by atoms with Crippen molar-refractivity contribution in [3.63, 3.8) is 0 Å². The molecule has 2 N–H and O–H groups in total. The fraction of sp³-hybridized carbons (Fsp3) is 0.0833. The lowest BCUT2D eigenvalue weighted by atomic mass is 10.3. The van der Waals surface area contributed by atoms with E-state index in [1.807, 2.05) is 0 Å². The molecule has 0 aliphatic heterocycles. The Morgan fingerprint density at radius 3 is 2.89 bits per heavy atom. The first-order valence-electron chi connectivity index (χ1n) is 5.05. The van der Waals surface area contributed by atoms with Crippen LogP contribution < -0.4 is 10.5 Å². The molecule has 3 nitrogen and oxygen atoms in total. The van der Waals surface area contributed by atoms with Gasteiger partial charge in [-0.05, 0) is 34.1 Å². The summed E-state index contributed by atoms with van der Waals surface area (Å²) in [5.41, 5.74) is 6.21. The van der Waals surface area contributed by atoms with Gasteiger partial charge in [0.25, 0.3) is 0 Å². The minimum absolute atomic E-state index is 0.0382. The van der Waals surface area contributed by atoms with Gasteiger partial charge in [0.2, 0.25) is 0 Å². The first kappa shape index (κ1) is 13.1. The fourth-order valence-electron chi connectivity index (χ4n) is 1.35. The Bertz CT molecular complexity index is 580. The van der Waals surface area contributed by atoms with Crippen LogP contribution in [0, 0.1) is 5.82 Å². The van der Waals surface area contributed by atoms with Crippen LogP contribution in [-0.2, 0) is 6.61 Å². The summed E-state index contributed by atoms with van der Waals surface area (Å²) in [6, 6.07) is 7.90. The van der Waals surface area contributed by atoms with Gasteiger partial charge >= 0.3 is 0 Å². The van der Waals surface area contributed by atoms with Crippen molar-refractivity contribution < 1.29 is 9.13 Å². The number of hydrogen-bond acceptors (Lipinski definition) is 3. The lowest BCUT2D eigenvalue weighted by Gasteiger charge is -2.09. The molecule has 0 fully saturated rings. The van der Waals surface area contributed by atoms with Gasteiger partial charge in [-0.1, -0.05) is 17.7 Å². The number of benzene rings is 1. The Kier molecular flexibility index (Phi) is 4.04. The predicted molar refractivity (Wildman–Crippen MR) is 72.1 cm³/mol. The van der Waals surface area contributed by atoms with Gasteiger partial charge < -0.3 is 10.5 Å². The highest BCUT2D eigenvalue weighted by Crippen LogP contribution is 2.30. The van der Waals surface area contributed by atoms with E-state index >= 15 is 0 Å². The van der Waals surface area contributed by atoms with Gasteiger partial charge in [0, 0.05) is 6.07 Å². The Morgan fingerprint density at radius 1 is 1.39 bits per heavy atom. The van der Waals surface area contributed by atoms with Crippen LogP contribution in [0.4, 0.5) is 10.2 Å². The number of anilines is 1.